The van der Waals surface area contributed by atoms with Crippen LogP contribution >= 0.6 is 0 Å². The van der Waals surface area contributed by atoms with Gasteiger partial charge in [-0.25, -0.2) is 0 Å². The predicted molar refractivity (Wildman–Crippen MR) is 82.0 cm³/mol. The Morgan fingerprint density at radius 1 is 1.35 bits per heavy atom. The Labute approximate surface area is 120 Å². The number of hydrogen-bond donors (Lipinski definition) is 1. The van der Waals surface area contributed by atoms with Crippen molar-refractivity contribution in [2.24, 2.45) is 0 Å². The molecule has 0 radical (unpaired) electrons. The van der Waals surface area contributed by atoms with Gasteiger partial charge in [0.05, 0.1) is 4.92 Å². The minimum Gasteiger partial charge on any atom is -0.385 e. The van der Waals surface area contributed by atoms with Crippen molar-refractivity contribution in [2.75, 3.05) is 41.4 Å². The van der Waals surface area contributed by atoms with Crippen LogP contribution in [0.25, 0.3) is 0 Å². The standard InChI is InChI=1S/C13H19N3O3S/c1-2-3-14-11-8-12(10-13(9-11)16(17)18)15-4-6-20(19)7-5-15/h8-10,14H,2-7H2,1H3. The van der Waals surface area contributed by atoms with E-state index < -0.39 is 10.8 Å². The van der Waals surface area contributed by atoms with Crippen molar-refractivity contribution in [1.29, 1.82) is 0 Å². The van der Waals surface area contributed by atoms with Crippen LogP contribution in [-0.4, -0.2) is 40.3 Å². The second kappa shape index (κ2) is 6.69. The highest BCUT2D eigenvalue weighted by Gasteiger charge is 2.18. The van der Waals surface area contributed by atoms with E-state index in [1.165, 1.54) is 0 Å². The molecule has 7 heteroatoms. The average molecular weight is 297 g/mol. The zero-order valence-corrected chi connectivity index (χ0v) is 12.3. The molecule has 1 aromatic carbocycles. The van der Waals surface area contributed by atoms with Crippen molar-refractivity contribution in [3.05, 3.63) is 28.3 Å². The van der Waals surface area contributed by atoms with Crippen LogP contribution in [0.3, 0.4) is 0 Å². The molecule has 0 saturated carbocycles. The fraction of sp³-hybridized carbons (Fsp3) is 0.538. The molecule has 1 fully saturated rings. The average Bonchev–Trinajstić information content (AvgIpc) is 2.45. The molecule has 0 aliphatic carbocycles. The molecule has 6 nitrogen and oxygen atoms in total. The normalized spacial score (nSPS) is 16.1. The summed E-state index contributed by atoms with van der Waals surface area (Å²) >= 11 is 0. The summed E-state index contributed by atoms with van der Waals surface area (Å²) in [7, 11) is -0.750. The lowest BCUT2D eigenvalue weighted by Crippen LogP contribution is -2.37. The molecule has 0 spiro atoms. The van der Waals surface area contributed by atoms with Gasteiger partial charge in [0.1, 0.15) is 0 Å². The first-order valence-electron chi connectivity index (χ1n) is 6.73. The van der Waals surface area contributed by atoms with Crippen molar-refractivity contribution in [3.63, 3.8) is 0 Å². The van der Waals surface area contributed by atoms with Gasteiger partial charge < -0.3 is 10.2 Å². The molecule has 1 heterocycles. The van der Waals surface area contributed by atoms with Gasteiger partial charge in [0.2, 0.25) is 0 Å². The van der Waals surface area contributed by atoms with Crippen molar-refractivity contribution >= 4 is 27.9 Å². The Hall–Kier alpha value is -1.63. The molecular formula is C13H19N3O3S. The van der Waals surface area contributed by atoms with Crippen molar-refractivity contribution in [2.45, 2.75) is 13.3 Å². The molecule has 110 valence electrons. The highest BCUT2D eigenvalue weighted by Crippen LogP contribution is 2.27. The van der Waals surface area contributed by atoms with E-state index in [4.69, 9.17) is 0 Å². The quantitative estimate of drug-likeness (QED) is 0.664. The molecule has 1 aromatic rings. The van der Waals surface area contributed by atoms with Crippen LogP contribution in [-0.2, 0) is 10.8 Å². The van der Waals surface area contributed by atoms with Crippen LogP contribution in [0.5, 0.6) is 0 Å². The van der Waals surface area contributed by atoms with Gasteiger partial charge in [-0.15, -0.1) is 0 Å². The number of nitro groups is 1. The number of benzene rings is 1. The maximum Gasteiger partial charge on any atom is 0.273 e. The lowest BCUT2D eigenvalue weighted by atomic mass is 10.2. The van der Waals surface area contributed by atoms with E-state index in [-0.39, 0.29) is 10.6 Å². The number of hydrogen-bond acceptors (Lipinski definition) is 5. The Kier molecular flexibility index (Phi) is 4.94. The molecule has 20 heavy (non-hydrogen) atoms. The minimum absolute atomic E-state index is 0.0906. The van der Waals surface area contributed by atoms with E-state index in [9.17, 15) is 14.3 Å². The lowest BCUT2D eigenvalue weighted by molar-refractivity contribution is -0.384. The van der Waals surface area contributed by atoms with Gasteiger partial charge >= 0.3 is 0 Å². The van der Waals surface area contributed by atoms with Crippen molar-refractivity contribution in [1.82, 2.24) is 0 Å². The summed E-state index contributed by atoms with van der Waals surface area (Å²) in [5, 5.41) is 14.2. The summed E-state index contributed by atoms with van der Waals surface area (Å²) in [4.78, 5) is 12.7. The van der Waals surface area contributed by atoms with Crippen LogP contribution in [0, 0.1) is 10.1 Å². The van der Waals surface area contributed by atoms with E-state index in [1.54, 1.807) is 12.1 Å². The third-order valence-electron chi connectivity index (χ3n) is 3.24. The molecule has 0 atom stereocenters. The van der Waals surface area contributed by atoms with Crippen LogP contribution in [0.1, 0.15) is 13.3 Å². The van der Waals surface area contributed by atoms with Gasteiger partial charge in [-0.2, -0.15) is 0 Å². The fourth-order valence-corrected chi connectivity index (χ4v) is 3.20. The first-order chi connectivity index (χ1) is 9.60. The van der Waals surface area contributed by atoms with Gasteiger partial charge in [-0.05, 0) is 12.5 Å². The summed E-state index contributed by atoms with van der Waals surface area (Å²) in [5.74, 6) is 1.25. The van der Waals surface area contributed by atoms with E-state index in [2.05, 4.69) is 10.2 Å². The number of rotatable bonds is 5. The topological polar surface area (TPSA) is 75.5 Å². The third kappa shape index (κ3) is 3.69. The summed E-state index contributed by atoms with van der Waals surface area (Å²) in [6.45, 7) is 4.19. The molecule has 1 aliphatic rings. The summed E-state index contributed by atoms with van der Waals surface area (Å²) in [6, 6.07) is 5.07. The predicted octanol–water partition coefficient (Wildman–Crippen LogP) is 1.99. The van der Waals surface area contributed by atoms with E-state index >= 15 is 0 Å². The molecule has 1 N–H and O–H groups in total. The highest BCUT2D eigenvalue weighted by atomic mass is 32.2. The van der Waals surface area contributed by atoms with Crippen LogP contribution in [0.4, 0.5) is 17.1 Å². The summed E-state index contributed by atoms with van der Waals surface area (Å²) < 4.78 is 11.4. The van der Waals surface area contributed by atoms with Gasteiger partial charge in [-0.1, -0.05) is 6.92 Å². The largest absolute Gasteiger partial charge is 0.385 e. The van der Waals surface area contributed by atoms with Crippen LogP contribution < -0.4 is 10.2 Å². The zero-order valence-electron chi connectivity index (χ0n) is 11.5. The highest BCUT2D eigenvalue weighted by molar-refractivity contribution is 7.85. The second-order valence-electron chi connectivity index (χ2n) is 4.76. The number of non-ortho nitro benzene ring substituents is 1. The first kappa shape index (κ1) is 14.8. The Bertz CT molecular complexity index is 512. The number of nitro benzene ring substituents is 1. The Balaban J connectivity index is 2.24. The van der Waals surface area contributed by atoms with Crippen LogP contribution in [0.2, 0.25) is 0 Å². The zero-order chi connectivity index (χ0) is 14.5. The molecule has 0 aromatic heterocycles. The van der Waals surface area contributed by atoms with Gasteiger partial charge in [0.15, 0.2) is 0 Å². The molecule has 0 unspecified atom stereocenters. The monoisotopic (exact) mass is 297 g/mol. The number of nitrogens with one attached hydrogen (secondary N) is 1. The van der Waals surface area contributed by atoms with Crippen molar-refractivity contribution in [3.8, 4) is 0 Å². The summed E-state index contributed by atoms with van der Waals surface area (Å²) in [5.41, 5.74) is 1.69. The Morgan fingerprint density at radius 2 is 2.05 bits per heavy atom. The van der Waals surface area contributed by atoms with Gasteiger partial charge in [0, 0.05) is 65.4 Å². The smallest absolute Gasteiger partial charge is 0.273 e. The Morgan fingerprint density at radius 3 is 2.65 bits per heavy atom. The molecule has 2 rings (SSSR count). The lowest BCUT2D eigenvalue weighted by Gasteiger charge is -2.28. The van der Waals surface area contributed by atoms with Gasteiger partial charge in [-0.3, -0.25) is 14.3 Å². The van der Waals surface area contributed by atoms with E-state index in [0.29, 0.717) is 24.6 Å². The van der Waals surface area contributed by atoms with Gasteiger partial charge in [0.25, 0.3) is 5.69 Å². The molecule has 1 saturated heterocycles. The summed E-state index contributed by atoms with van der Waals surface area (Å²) in [6.07, 6.45) is 0.959. The molecule has 0 bridgehead atoms. The van der Waals surface area contributed by atoms with E-state index in [0.717, 1.165) is 24.3 Å². The number of anilines is 2. The first-order valence-corrected chi connectivity index (χ1v) is 8.22. The maximum atomic E-state index is 11.4. The molecule has 0 amide bonds. The van der Waals surface area contributed by atoms with Crippen LogP contribution in [0.15, 0.2) is 18.2 Å². The second-order valence-corrected chi connectivity index (χ2v) is 6.45. The molecule has 1 aliphatic heterocycles. The fourth-order valence-electron chi connectivity index (χ4n) is 2.15. The maximum absolute atomic E-state index is 11.4. The SMILES string of the molecule is CCCNc1cc(N2CCS(=O)CC2)cc([N+](=O)[O-])c1. The van der Waals surface area contributed by atoms with E-state index in [1.807, 2.05) is 13.0 Å². The number of nitrogens with zero attached hydrogens (tertiary/aromatic N) is 2. The third-order valence-corrected chi connectivity index (χ3v) is 4.51. The molecular weight excluding hydrogens is 278 g/mol. The van der Waals surface area contributed by atoms with Crippen molar-refractivity contribution < 1.29 is 9.13 Å². The minimum atomic E-state index is -0.750.